The SMILES string of the molecule is Cc1cccc(-n2cc(-c3ccccc3)c3c(N4CCN(S(C)(=O)=O)CC4)ncnc32)c1. The lowest BCUT2D eigenvalue weighted by molar-refractivity contribution is 0.387. The van der Waals surface area contributed by atoms with Crippen molar-refractivity contribution in [2.75, 3.05) is 37.3 Å². The van der Waals surface area contributed by atoms with Gasteiger partial charge in [0.25, 0.3) is 0 Å². The maximum absolute atomic E-state index is 11.9. The minimum absolute atomic E-state index is 0.448. The molecule has 0 N–H and O–H groups in total. The fourth-order valence-corrected chi connectivity index (χ4v) is 5.15. The van der Waals surface area contributed by atoms with Crippen LogP contribution in [0.15, 0.2) is 67.1 Å². The first-order chi connectivity index (χ1) is 15.4. The highest BCUT2D eigenvalue weighted by atomic mass is 32.2. The Balaban J connectivity index is 1.67. The molecule has 1 aliphatic heterocycles. The van der Waals surface area contributed by atoms with Crippen LogP contribution in [0.5, 0.6) is 0 Å². The van der Waals surface area contributed by atoms with Crippen LogP contribution in [0.4, 0.5) is 5.82 Å². The van der Waals surface area contributed by atoms with E-state index < -0.39 is 10.0 Å². The van der Waals surface area contributed by atoms with Gasteiger partial charge in [0, 0.05) is 43.6 Å². The Labute approximate surface area is 188 Å². The van der Waals surface area contributed by atoms with Crippen LogP contribution in [0.3, 0.4) is 0 Å². The Hall–Kier alpha value is -3.23. The van der Waals surface area contributed by atoms with E-state index in [1.807, 2.05) is 24.3 Å². The van der Waals surface area contributed by atoms with Crippen LogP contribution in [0.1, 0.15) is 5.56 Å². The number of anilines is 1. The number of aryl methyl sites for hydroxylation is 1. The van der Waals surface area contributed by atoms with Gasteiger partial charge in [-0.2, -0.15) is 4.31 Å². The van der Waals surface area contributed by atoms with E-state index in [0.29, 0.717) is 26.2 Å². The van der Waals surface area contributed by atoms with E-state index in [4.69, 9.17) is 0 Å². The summed E-state index contributed by atoms with van der Waals surface area (Å²) in [5, 5.41) is 0.980. The molecule has 8 heteroatoms. The summed E-state index contributed by atoms with van der Waals surface area (Å²) in [6.45, 7) is 4.15. The zero-order valence-electron chi connectivity index (χ0n) is 18.1. The molecule has 0 spiro atoms. The number of aromatic nitrogens is 3. The van der Waals surface area contributed by atoms with Crippen molar-refractivity contribution in [1.82, 2.24) is 18.8 Å². The lowest BCUT2D eigenvalue weighted by Gasteiger charge is -2.34. The molecule has 0 atom stereocenters. The van der Waals surface area contributed by atoms with Crippen LogP contribution in [-0.2, 0) is 10.0 Å². The van der Waals surface area contributed by atoms with Gasteiger partial charge < -0.3 is 9.47 Å². The van der Waals surface area contributed by atoms with E-state index >= 15 is 0 Å². The number of hydrogen-bond donors (Lipinski definition) is 0. The zero-order chi connectivity index (χ0) is 22.3. The quantitative estimate of drug-likeness (QED) is 0.479. The van der Waals surface area contributed by atoms with Crippen LogP contribution in [0.25, 0.3) is 27.8 Å². The summed E-state index contributed by atoms with van der Waals surface area (Å²) in [5.41, 5.74) is 5.21. The van der Waals surface area contributed by atoms with Gasteiger partial charge in [-0.25, -0.2) is 18.4 Å². The van der Waals surface area contributed by atoms with E-state index in [1.54, 1.807) is 6.33 Å². The van der Waals surface area contributed by atoms with Crippen molar-refractivity contribution in [3.05, 3.63) is 72.7 Å². The summed E-state index contributed by atoms with van der Waals surface area (Å²) in [5.74, 6) is 0.841. The highest BCUT2D eigenvalue weighted by Crippen LogP contribution is 2.37. The molecule has 164 valence electrons. The fraction of sp³-hybridized carbons (Fsp3) is 0.250. The lowest BCUT2D eigenvalue weighted by atomic mass is 10.1. The van der Waals surface area contributed by atoms with Gasteiger partial charge in [0.15, 0.2) is 5.65 Å². The van der Waals surface area contributed by atoms with E-state index in [-0.39, 0.29) is 0 Å². The Bertz CT molecular complexity index is 1370. The van der Waals surface area contributed by atoms with Gasteiger partial charge in [-0.05, 0) is 30.2 Å². The third-order valence-corrected chi connectivity index (χ3v) is 7.24. The summed E-state index contributed by atoms with van der Waals surface area (Å²) in [6.07, 6.45) is 4.99. The van der Waals surface area contributed by atoms with Gasteiger partial charge in [0.1, 0.15) is 12.1 Å². The molecule has 0 radical (unpaired) electrons. The molecular weight excluding hydrogens is 422 g/mol. The van der Waals surface area contributed by atoms with Gasteiger partial charge in [-0.15, -0.1) is 0 Å². The third-order valence-electron chi connectivity index (χ3n) is 5.93. The third kappa shape index (κ3) is 3.76. The minimum atomic E-state index is -3.19. The molecule has 0 amide bonds. The second kappa shape index (κ2) is 8.03. The summed E-state index contributed by atoms with van der Waals surface area (Å²) >= 11 is 0. The molecule has 0 bridgehead atoms. The topological polar surface area (TPSA) is 71.3 Å². The van der Waals surface area contributed by atoms with Crippen LogP contribution < -0.4 is 4.90 Å². The molecule has 0 saturated carbocycles. The molecule has 1 saturated heterocycles. The van der Waals surface area contributed by atoms with Crippen LogP contribution in [0, 0.1) is 6.92 Å². The van der Waals surface area contributed by atoms with Crippen molar-refractivity contribution in [3.63, 3.8) is 0 Å². The van der Waals surface area contributed by atoms with Gasteiger partial charge in [0.2, 0.25) is 10.0 Å². The first-order valence-electron chi connectivity index (χ1n) is 10.6. The van der Waals surface area contributed by atoms with E-state index in [9.17, 15) is 8.42 Å². The van der Waals surface area contributed by atoms with Gasteiger partial charge in [0.05, 0.1) is 11.6 Å². The van der Waals surface area contributed by atoms with Crippen molar-refractivity contribution in [2.24, 2.45) is 0 Å². The molecule has 4 aromatic rings. The van der Waals surface area contributed by atoms with Crippen molar-refractivity contribution in [3.8, 4) is 16.8 Å². The molecule has 2 aromatic heterocycles. The molecule has 3 heterocycles. The largest absolute Gasteiger partial charge is 0.353 e. The summed E-state index contributed by atoms with van der Waals surface area (Å²) in [7, 11) is -3.19. The molecule has 1 fully saturated rings. The summed E-state index contributed by atoms with van der Waals surface area (Å²) in [4.78, 5) is 11.5. The highest BCUT2D eigenvalue weighted by molar-refractivity contribution is 7.88. The van der Waals surface area contributed by atoms with Gasteiger partial charge >= 0.3 is 0 Å². The van der Waals surface area contributed by atoms with Gasteiger partial charge in [-0.1, -0.05) is 42.5 Å². The summed E-state index contributed by atoms with van der Waals surface area (Å²) < 4.78 is 27.5. The predicted octanol–water partition coefficient (Wildman–Crippen LogP) is 3.48. The Kier molecular flexibility index (Phi) is 5.19. The molecule has 5 rings (SSSR count). The van der Waals surface area contributed by atoms with E-state index in [2.05, 4.69) is 62.9 Å². The molecule has 0 unspecified atom stereocenters. The fourth-order valence-electron chi connectivity index (χ4n) is 4.33. The molecule has 7 nitrogen and oxygen atoms in total. The number of nitrogens with zero attached hydrogens (tertiary/aromatic N) is 5. The van der Waals surface area contributed by atoms with E-state index in [1.165, 1.54) is 16.1 Å². The Morgan fingerprint density at radius 3 is 2.34 bits per heavy atom. The molecule has 0 aliphatic carbocycles. The second-order valence-corrected chi connectivity index (χ2v) is 10.1. The monoisotopic (exact) mass is 447 g/mol. The number of hydrogen-bond acceptors (Lipinski definition) is 5. The lowest BCUT2D eigenvalue weighted by Crippen LogP contribution is -2.48. The highest BCUT2D eigenvalue weighted by Gasteiger charge is 2.27. The summed E-state index contributed by atoms with van der Waals surface area (Å²) in [6, 6.07) is 18.6. The first kappa shape index (κ1) is 20.7. The smallest absolute Gasteiger partial charge is 0.211 e. The van der Waals surface area contributed by atoms with E-state index in [0.717, 1.165) is 33.7 Å². The number of sulfonamides is 1. The van der Waals surface area contributed by atoms with Crippen LogP contribution in [0.2, 0.25) is 0 Å². The van der Waals surface area contributed by atoms with Crippen molar-refractivity contribution in [1.29, 1.82) is 0 Å². The van der Waals surface area contributed by atoms with Crippen molar-refractivity contribution >= 4 is 26.9 Å². The second-order valence-electron chi connectivity index (χ2n) is 8.16. The average Bonchev–Trinajstić information content (AvgIpc) is 3.19. The van der Waals surface area contributed by atoms with Crippen LogP contribution in [-0.4, -0.2) is 59.7 Å². The van der Waals surface area contributed by atoms with Crippen molar-refractivity contribution in [2.45, 2.75) is 6.92 Å². The molecule has 2 aromatic carbocycles. The maximum atomic E-state index is 11.9. The number of piperazine rings is 1. The molecule has 1 aliphatic rings. The Morgan fingerprint density at radius 1 is 0.906 bits per heavy atom. The van der Waals surface area contributed by atoms with Gasteiger partial charge in [-0.3, -0.25) is 0 Å². The minimum Gasteiger partial charge on any atom is -0.353 e. The Morgan fingerprint density at radius 2 is 1.66 bits per heavy atom. The standard InChI is InChI=1S/C24H25N5O2S/c1-18-7-6-10-20(15-18)29-16-21(19-8-4-3-5-9-19)22-23(25-17-26-24(22)29)27-11-13-28(14-12-27)32(2,30)31/h3-10,15-17H,11-14H2,1-2H3. The number of benzene rings is 2. The van der Waals surface area contributed by atoms with Crippen molar-refractivity contribution < 1.29 is 8.42 Å². The number of fused-ring (bicyclic) bond motifs is 1. The average molecular weight is 448 g/mol. The molecule has 32 heavy (non-hydrogen) atoms. The zero-order valence-corrected chi connectivity index (χ0v) is 19.0. The predicted molar refractivity (Wildman–Crippen MR) is 128 cm³/mol. The number of rotatable bonds is 4. The normalized spacial score (nSPS) is 15.4. The van der Waals surface area contributed by atoms with Crippen LogP contribution >= 0.6 is 0 Å². The molecular formula is C24H25N5O2S. The maximum Gasteiger partial charge on any atom is 0.211 e. The first-order valence-corrected chi connectivity index (χ1v) is 12.5.